The first-order valence-corrected chi connectivity index (χ1v) is 6.94. The van der Waals surface area contributed by atoms with Gasteiger partial charge in [-0.05, 0) is 43.3 Å². The van der Waals surface area contributed by atoms with Gasteiger partial charge in [0, 0.05) is 17.2 Å². The third-order valence-corrected chi connectivity index (χ3v) is 3.56. The fourth-order valence-corrected chi connectivity index (χ4v) is 2.40. The maximum absolute atomic E-state index is 11.4. The van der Waals surface area contributed by atoms with Gasteiger partial charge in [0.05, 0.1) is 23.3 Å². The van der Waals surface area contributed by atoms with Crippen LogP contribution in [0.25, 0.3) is 16.9 Å². The molecule has 0 spiro atoms. The number of nitrogens with two attached hydrogens (primary N) is 1. The molecule has 1 aromatic heterocycles. The number of phenolic OH excluding ortho intramolecular Hbond substituents is 2. The summed E-state index contributed by atoms with van der Waals surface area (Å²) in [5.41, 5.74) is 8.69. The maximum atomic E-state index is 11.4. The standard InChI is InChI=1S/C17H15N3O3/c1-10(21)11-2-5-16(14(18)8-11)20-15(6-7-19-20)13-4-3-12(22)9-17(13)23/h2-9,22-23H,18H2,1H3. The highest BCUT2D eigenvalue weighted by molar-refractivity contribution is 5.95. The van der Waals surface area contributed by atoms with Gasteiger partial charge in [-0.3, -0.25) is 4.79 Å². The van der Waals surface area contributed by atoms with Crippen LogP contribution in [0.1, 0.15) is 17.3 Å². The molecule has 3 aromatic rings. The van der Waals surface area contributed by atoms with Crippen molar-refractivity contribution >= 4 is 11.5 Å². The number of nitrogen functional groups attached to an aromatic ring is 1. The summed E-state index contributed by atoms with van der Waals surface area (Å²) in [6, 6.07) is 11.0. The third kappa shape index (κ3) is 2.62. The van der Waals surface area contributed by atoms with Crippen LogP contribution in [0.15, 0.2) is 48.7 Å². The van der Waals surface area contributed by atoms with Crippen LogP contribution in [0.4, 0.5) is 5.69 Å². The normalized spacial score (nSPS) is 10.7. The quantitative estimate of drug-likeness (QED) is 0.510. The predicted molar refractivity (Wildman–Crippen MR) is 86.7 cm³/mol. The number of hydrogen-bond donors (Lipinski definition) is 3. The molecule has 0 radical (unpaired) electrons. The van der Waals surface area contributed by atoms with Gasteiger partial charge in [0.1, 0.15) is 11.5 Å². The van der Waals surface area contributed by atoms with E-state index in [2.05, 4.69) is 5.10 Å². The lowest BCUT2D eigenvalue weighted by molar-refractivity contribution is 0.101. The van der Waals surface area contributed by atoms with Crippen molar-refractivity contribution in [3.8, 4) is 28.4 Å². The molecule has 0 amide bonds. The van der Waals surface area contributed by atoms with Crippen molar-refractivity contribution in [2.75, 3.05) is 5.73 Å². The fourth-order valence-electron chi connectivity index (χ4n) is 2.40. The van der Waals surface area contributed by atoms with Crippen LogP contribution in [-0.2, 0) is 0 Å². The molecule has 0 fully saturated rings. The minimum Gasteiger partial charge on any atom is -0.508 e. The molecule has 3 rings (SSSR count). The Bertz CT molecular complexity index is 900. The molecule has 1 heterocycles. The molecule has 0 saturated heterocycles. The van der Waals surface area contributed by atoms with Crippen molar-refractivity contribution in [1.29, 1.82) is 0 Å². The summed E-state index contributed by atoms with van der Waals surface area (Å²) in [5, 5.41) is 23.7. The topological polar surface area (TPSA) is 101 Å². The second-order valence-electron chi connectivity index (χ2n) is 5.16. The molecule has 0 aliphatic heterocycles. The molecule has 0 bridgehead atoms. The number of anilines is 1. The molecule has 0 aliphatic rings. The molecule has 116 valence electrons. The van der Waals surface area contributed by atoms with E-state index in [-0.39, 0.29) is 17.3 Å². The second-order valence-corrected chi connectivity index (χ2v) is 5.16. The average Bonchev–Trinajstić information content (AvgIpc) is 2.96. The van der Waals surface area contributed by atoms with E-state index in [4.69, 9.17) is 5.73 Å². The Labute approximate surface area is 132 Å². The van der Waals surface area contributed by atoms with Crippen molar-refractivity contribution in [3.63, 3.8) is 0 Å². The van der Waals surface area contributed by atoms with E-state index in [0.29, 0.717) is 28.2 Å². The molecule has 2 aromatic carbocycles. The number of aromatic hydroxyl groups is 2. The third-order valence-electron chi connectivity index (χ3n) is 3.56. The first-order chi connectivity index (χ1) is 11.0. The van der Waals surface area contributed by atoms with E-state index < -0.39 is 0 Å². The number of carbonyl (C=O) groups is 1. The number of aromatic nitrogens is 2. The van der Waals surface area contributed by atoms with Crippen LogP contribution in [0.2, 0.25) is 0 Å². The number of nitrogens with zero attached hydrogens (tertiary/aromatic N) is 2. The minimum absolute atomic E-state index is 0.0253. The zero-order chi connectivity index (χ0) is 16.6. The smallest absolute Gasteiger partial charge is 0.159 e. The van der Waals surface area contributed by atoms with Gasteiger partial charge in [0.2, 0.25) is 0 Å². The Morgan fingerprint density at radius 1 is 1.13 bits per heavy atom. The number of hydrogen-bond acceptors (Lipinski definition) is 5. The van der Waals surface area contributed by atoms with E-state index >= 15 is 0 Å². The number of rotatable bonds is 3. The zero-order valence-electron chi connectivity index (χ0n) is 12.4. The largest absolute Gasteiger partial charge is 0.508 e. The second kappa shape index (κ2) is 5.49. The summed E-state index contributed by atoms with van der Waals surface area (Å²) < 4.78 is 1.57. The van der Waals surface area contributed by atoms with Gasteiger partial charge in [0.15, 0.2) is 5.78 Å². The number of ketones is 1. The van der Waals surface area contributed by atoms with Crippen LogP contribution in [0, 0.1) is 0 Å². The van der Waals surface area contributed by atoms with Crippen molar-refractivity contribution in [2.24, 2.45) is 0 Å². The van der Waals surface area contributed by atoms with Gasteiger partial charge in [-0.15, -0.1) is 0 Å². The Balaban J connectivity index is 2.13. The fraction of sp³-hybridized carbons (Fsp3) is 0.0588. The monoisotopic (exact) mass is 309 g/mol. The van der Waals surface area contributed by atoms with Crippen molar-refractivity contribution in [2.45, 2.75) is 6.92 Å². The molecule has 0 aliphatic carbocycles. The minimum atomic E-state index is -0.0693. The molecule has 6 heteroatoms. The van der Waals surface area contributed by atoms with Crippen LogP contribution in [-0.4, -0.2) is 25.8 Å². The lowest BCUT2D eigenvalue weighted by Crippen LogP contribution is -2.05. The molecular formula is C17H15N3O3. The Kier molecular flexibility index (Phi) is 3.50. The number of benzene rings is 2. The van der Waals surface area contributed by atoms with E-state index in [1.54, 1.807) is 41.2 Å². The molecule has 0 atom stereocenters. The molecule has 4 N–H and O–H groups in total. The predicted octanol–water partition coefficient (Wildman–Crippen LogP) is 2.74. The molecule has 0 saturated carbocycles. The highest BCUT2D eigenvalue weighted by Crippen LogP contribution is 2.34. The highest BCUT2D eigenvalue weighted by atomic mass is 16.3. The van der Waals surface area contributed by atoms with Crippen LogP contribution in [0.3, 0.4) is 0 Å². The summed E-state index contributed by atoms with van der Waals surface area (Å²) >= 11 is 0. The molecule has 0 unspecified atom stereocenters. The van der Waals surface area contributed by atoms with E-state index in [9.17, 15) is 15.0 Å². The average molecular weight is 309 g/mol. The SMILES string of the molecule is CC(=O)c1ccc(-n2nccc2-c2ccc(O)cc2O)c(N)c1. The van der Waals surface area contributed by atoms with Gasteiger partial charge in [-0.25, -0.2) is 4.68 Å². The molecule has 6 nitrogen and oxygen atoms in total. The van der Waals surface area contributed by atoms with Crippen LogP contribution >= 0.6 is 0 Å². The lowest BCUT2D eigenvalue weighted by Gasteiger charge is -2.12. The van der Waals surface area contributed by atoms with Gasteiger partial charge in [0.25, 0.3) is 0 Å². The Morgan fingerprint density at radius 3 is 2.57 bits per heavy atom. The summed E-state index contributed by atoms with van der Waals surface area (Å²) in [4.78, 5) is 11.4. The summed E-state index contributed by atoms with van der Waals surface area (Å²) in [6.07, 6.45) is 1.58. The van der Waals surface area contributed by atoms with Crippen molar-refractivity contribution < 1.29 is 15.0 Å². The Morgan fingerprint density at radius 2 is 1.91 bits per heavy atom. The number of carbonyl (C=O) groups excluding carboxylic acids is 1. The van der Waals surface area contributed by atoms with Crippen LogP contribution < -0.4 is 5.73 Å². The number of phenols is 2. The van der Waals surface area contributed by atoms with Gasteiger partial charge in [-0.2, -0.15) is 5.10 Å². The number of Topliss-reactive ketones (excluding diaryl/α,β-unsaturated/α-hetero) is 1. The zero-order valence-corrected chi connectivity index (χ0v) is 12.4. The summed E-state index contributed by atoms with van der Waals surface area (Å²) in [7, 11) is 0. The molecular weight excluding hydrogens is 294 g/mol. The van der Waals surface area contributed by atoms with E-state index in [1.807, 2.05) is 0 Å². The van der Waals surface area contributed by atoms with Gasteiger partial charge >= 0.3 is 0 Å². The molecule has 23 heavy (non-hydrogen) atoms. The highest BCUT2D eigenvalue weighted by Gasteiger charge is 2.14. The Hall–Kier alpha value is -3.28. The first-order valence-electron chi connectivity index (χ1n) is 6.94. The summed E-state index contributed by atoms with van der Waals surface area (Å²) in [5.74, 6) is -0.159. The van der Waals surface area contributed by atoms with Crippen molar-refractivity contribution in [1.82, 2.24) is 9.78 Å². The lowest BCUT2D eigenvalue weighted by atomic mass is 10.1. The van der Waals surface area contributed by atoms with Gasteiger partial charge < -0.3 is 15.9 Å². The maximum Gasteiger partial charge on any atom is 0.159 e. The van der Waals surface area contributed by atoms with E-state index in [1.165, 1.54) is 19.1 Å². The summed E-state index contributed by atoms with van der Waals surface area (Å²) in [6.45, 7) is 1.47. The van der Waals surface area contributed by atoms with Crippen molar-refractivity contribution in [3.05, 3.63) is 54.2 Å². The van der Waals surface area contributed by atoms with Crippen LogP contribution in [0.5, 0.6) is 11.5 Å². The van der Waals surface area contributed by atoms with E-state index in [0.717, 1.165) is 0 Å². The van der Waals surface area contributed by atoms with Gasteiger partial charge in [-0.1, -0.05) is 0 Å². The first kappa shape index (κ1) is 14.6.